The average molecular weight is 362 g/mol. The molecular formula is C19H27FN4O2. The number of amides is 3. The van der Waals surface area contributed by atoms with Gasteiger partial charge in [-0.1, -0.05) is 25.1 Å². The minimum Gasteiger partial charge on any atom is -0.339 e. The molecule has 2 aliphatic heterocycles. The molecule has 1 aromatic rings. The predicted octanol–water partition coefficient (Wildman–Crippen LogP) is 1.62. The van der Waals surface area contributed by atoms with Crippen LogP contribution < -0.4 is 0 Å². The van der Waals surface area contributed by atoms with Crippen LogP contribution in [0, 0.1) is 5.82 Å². The van der Waals surface area contributed by atoms with Gasteiger partial charge in [-0.05, 0) is 19.0 Å². The van der Waals surface area contributed by atoms with Crippen LogP contribution in [-0.4, -0.2) is 83.9 Å². The van der Waals surface area contributed by atoms with E-state index in [1.165, 1.54) is 6.07 Å². The van der Waals surface area contributed by atoms with Crippen molar-refractivity contribution in [3.8, 4) is 0 Å². The Morgan fingerprint density at radius 1 is 1.04 bits per heavy atom. The molecule has 142 valence electrons. The summed E-state index contributed by atoms with van der Waals surface area (Å²) in [6, 6.07) is 6.29. The summed E-state index contributed by atoms with van der Waals surface area (Å²) in [7, 11) is 0. The van der Waals surface area contributed by atoms with Gasteiger partial charge in [-0.15, -0.1) is 0 Å². The van der Waals surface area contributed by atoms with Crippen LogP contribution >= 0.6 is 0 Å². The molecule has 0 radical (unpaired) electrons. The minimum atomic E-state index is -0.306. The van der Waals surface area contributed by atoms with Gasteiger partial charge >= 0.3 is 6.03 Å². The van der Waals surface area contributed by atoms with Crippen LogP contribution in [0.25, 0.3) is 0 Å². The first-order valence-electron chi connectivity index (χ1n) is 9.36. The van der Waals surface area contributed by atoms with Crippen molar-refractivity contribution in [1.29, 1.82) is 0 Å². The Morgan fingerprint density at radius 3 is 2.42 bits per heavy atom. The standard InChI is InChI=1S/C19H27FN4O2/c1-2-7-21-8-10-22(11-9-21)18(25)15-24-13-12-23(19(24)26)14-16-5-3-4-6-17(16)20/h3-6H,2,7-15H2,1H3. The largest absolute Gasteiger partial charge is 0.339 e. The number of carbonyl (C=O) groups is 2. The zero-order valence-corrected chi connectivity index (χ0v) is 15.4. The Kier molecular flexibility index (Phi) is 6.08. The van der Waals surface area contributed by atoms with Crippen LogP contribution in [0.3, 0.4) is 0 Å². The van der Waals surface area contributed by atoms with Crippen LogP contribution in [0.2, 0.25) is 0 Å². The first-order chi connectivity index (χ1) is 12.6. The third-order valence-electron chi connectivity index (χ3n) is 5.09. The smallest absolute Gasteiger partial charge is 0.320 e. The lowest BCUT2D eigenvalue weighted by atomic mass is 10.2. The molecule has 2 heterocycles. The number of benzene rings is 1. The van der Waals surface area contributed by atoms with Crippen molar-refractivity contribution >= 4 is 11.9 Å². The maximum atomic E-state index is 13.8. The van der Waals surface area contributed by atoms with Gasteiger partial charge in [0.1, 0.15) is 12.4 Å². The summed E-state index contributed by atoms with van der Waals surface area (Å²) in [5.41, 5.74) is 0.501. The lowest BCUT2D eigenvalue weighted by Crippen LogP contribution is -2.51. The summed E-state index contributed by atoms with van der Waals surface area (Å²) < 4.78 is 13.8. The van der Waals surface area contributed by atoms with Crippen molar-refractivity contribution < 1.29 is 14.0 Å². The number of piperazine rings is 1. The quantitative estimate of drug-likeness (QED) is 0.773. The van der Waals surface area contributed by atoms with Crippen molar-refractivity contribution in [2.24, 2.45) is 0 Å². The van der Waals surface area contributed by atoms with E-state index in [-0.39, 0.29) is 30.8 Å². The van der Waals surface area contributed by atoms with Gasteiger partial charge in [0.05, 0.1) is 6.54 Å². The third kappa shape index (κ3) is 4.33. The second-order valence-electron chi connectivity index (χ2n) is 6.94. The summed E-state index contributed by atoms with van der Waals surface area (Å²) in [6.07, 6.45) is 1.12. The van der Waals surface area contributed by atoms with Crippen LogP contribution in [0.4, 0.5) is 9.18 Å². The van der Waals surface area contributed by atoms with Crippen LogP contribution in [0.1, 0.15) is 18.9 Å². The highest BCUT2D eigenvalue weighted by molar-refractivity contribution is 5.85. The molecule has 7 heteroatoms. The number of urea groups is 1. The SMILES string of the molecule is CCCN1CCN(C(=O)CN2CCN(Cc3ccccc3F)C2=O)CC1. The molecule has 1 aromatic carbocycles. The third-order valence-corrected chi connectivity index (χ3v) is 5.09. The molecule has 2 saturated heterocycles. The normalized spacial score (nSPS) is 18.7. The Balaban J connectivity index is 1.49. The molecule has 2 fully saturated rings. The molecular weight excluding hydrogens is 335 g/mol. The molecule has 0 spiro atoms. The molecule has 6 nitrogen and oxygen atoms in total. The molecule has 0 bridgehead atoms. The van der Waals surface area contributed by atoms with Gasteiger partial charge in [0.25, 0.3) is 0 Å². The molecule has 0 aliphatic carbocycles. The summed E-state index contributed by atoms with van der Waals surface area (Å²) in [5, 5.41) is 0. The van der Waals surface area contributed by atoms with Crippen LogP contribution in [0.5, 0.6) is 0 Å². The van der Waals surface area contributed by atoms with Gasteiger partial charge in [0.15, 0.2) is 0 Å². The fourth-order valence-electron chi connectivity index (χ4n) is 3.56. The van der Waals surface area contributed by atoms with Gasteiger partial charge in [0.2, 0.25) is 5.91 Å². The highest BCUT2D eigenvalue weighted by Gasteiger charge is 2.32. The van der Waals surface area contributed by atoms with E-state index >= 15 is 0 Å². The molecule has 0 unspecified atom stereocenters. The predicted molar refractivity (Wildman–Crippen MR) is 97.1 cm³/mol. The summed E-state index contributed by atoms with van der Waals surface area (Å²) >= 11 is 0. The van der Waals surface area contributed by atoms with Gasteiger partial charge < -0.3 is 14.7 Å². The van der Waals surface area contributed by atoms with Gasteiger partial charge in [-0.3, -0.25) is 9.69 Å². The minimum absolute atomic E-state index is 0.00207. The monoisotopic (exact) mass is 362 g/mol. The van der Waals surface area contributed by atoms with E-state index in [4.69, 9.17) is 0 Å². The van der Waals surface area contributed by atoms with Gasteiger partial charge in [-0.25, -0.2) is 9.18 Å². The molecule has 0 aromatic heterocycles. The number of hydrogen-bond acceptors (Lipinski definition) is 3. The van der Waals surface area contributed by atoms with Gasteiger partial charge in [-0.2, -0.15) is 0 Å². The van der Waals surface area contributed by atoms with E-state index < -0.39 is 0 Å². The summed E-state index contributed by atoms with van der Waals surface area (Å²) in [5.74, 6) is -0.304. The fraction of sp³-hybridized carbons (Fsp3) is 0.579. The molecule has 3 rings (SSSR count). The maximum absolute atomic E-state index is 13.8. The molecule has 26 heavy (non-hydrogen) atoms. The number of nitrogens with zero attached hydrogens (tertiary/aromatic N) is 4. The van der Waals surface area contributed by atoms with E-state index in [1.807, 2.05) is 4.90 Å². The first-order valence-corrected chi connectivity index (χ1v) is 9.36. The van der Waals surface area contributed by atoms with Crippen molar-refractivity contribution in [1.82, 2.24) is 19.6 Å². The highest BCUT2D eigenvalue weighted by Crippen LogP contribution is 2.16. The zero-order valence-electron chi connectivity index (χ0n) is 15.4. The molecule has 3 amide bonds. The Hall–Kier alpha value is -2.15. The molecule has 0 atom stereocenters. The second-order valence-corrected chi connectivity index (χ2v) is 6.94. The van der Waals surface area contributed by atoms with Crippen molar-refractivity contribution in [2.75, 3.05) is 52.4 Å². The van der Waals surface area contributed by atoms with E-state index in [9.17, 15) is 14.0 Å². The lowest BCUT2D eigenvalue weighted by molar-refractivity contribution is -0.133. The van der Waals surface area contributed by atoms with E-state index in [1.54, 1.807) is 28.0 Å². The Labute approximate surface area is 154 Å². The van der Waals surface area contributed by atoms with E-state index in [0.29, 0.717) is 18.7 Å². The summed E-state index contributed by atoms with van der Waals surface area (Å²) in [6.45, 7) is 7.84. The number of carbonyl (C=O) groups excluding carboxylic acids is 2. The number of rotatable bonds is 6. The van der Waals surface area contributed by atoms with Crippen molar-refractivity contribution in [2.45, 2.75) is 19.9 Å². The Bertz CT molecular complexity index is 646. The number of halogens is 1. The molecule has 0 saturated carbocycles. The maximum Gasteiger partial charge on any atom is 0.320 e. The fourth-order valence-corrected chi connectivity index (χ4v) is 3.56. The molecule has 0 N–H and O–H groups in total. The van der Waals surface area contributed by atoms with Crippen molar-refractivity contribution in [3.63, 3.8) is 0 Å². The van der Waals surface area contributed by atoms with E-state index in [2.05, 4.69) is 11.8 Å². The lowest BCUT2D eigenvalue weighted by Gasteiger charge is -2.35. The first kappa shape index (κ1) is 18.6. The second kappa shape index (κ2) is 8.49. The zero-order chi connectivity index (χ0) is 18.5. The van der Waals surface area contributed by atoms with Crippen LogP contribution in [-0.2, 0) is 11.3 Å². The van der Waals surface area contributed by atoms with E-state index in [0.717, 1.165) is 39.1 Å². The molecule has 2 aliphatic rings. The average Bonchev–Trinajstić information content (AvgIpc) is 2.98. The Morgan fingerprint density at radius 2 is 1.73 bits per heavy atom. The van der Waals surface area contributed by atoms with Gasteiger partial charge in [0, 0.05) is 44.8 Å². The highest BCUT2D eigenvalue weighted by atomic mass is 19.1. The topological polar surface area (TPSA) is 47.1 Å². The van der Waals surface area contributed by atoms with Crippen molar-refractivity contribution in [3.05, 3.63) is 35.6 Å². The van der Waals surface area contributed by atoms with Crippen LogP contribution in [0.15, 0.2) is 24.3 Å². The summed E-state index contributed by atoms with van der Waals surface area (Å²) in [4.78, 5) is 32.4. The number of hydrogen-bond donors (Lipinski definition) is 0.